The number of Topliss-reactive ketones (excluding diaryl/α,β-unsaturated/α-hetero) is 1. The summed E-state index contributed by atoms with van der Waals surface area (Å²) in [6.07, 6.45) is 1.02. The lowest BCUT2D eigenvalue weighted by molar-refractivity contribution is -0.116. The first-order valence-electron chi connectivity index (χ1n) is 10.2. The molecule has 2 aliphatic rings. The summed E-state index contributed by atoms with van der Waals surface area (Å²) < 4.78 is 12.5. The zero-order valence-electron chi connectivity index (χ0n) is 17.6. The van der Waals surface area contributed by atoms with Crippen LogP contribution in [0.1, 0.15) is 35.9 Å². The number of ether oxygens (including phenoxy) is 2. The van der Waals surface area contributed by atoms with E-state index in [4.69, 9.17) is 26.8 Å². The van der Waals surface area contributed by atoms with Crippen LogP contribution in [0.3, 0.4) is 0 Å². The van der Waals surface area contributed by atoms with Crippen LogP contribution in [-0.4, -0.2) is 34.8 Å². The van der Waals surface area contributed by atoms with Crippen molar-refractivity contribution < 1.29 is 14.3 Å². The first-order chi connectivity index (χ1) is 15.5. The second kappa shape index (κ2) is 7.87. The van der Waals surface area contributed by atoms with Crippen LogP contribution in [-0.2, 0) is 4.79 Å². The van der Waals surface area contributed by atoms with Gasteiger partial charge < -0.3 is 20.5 Å². The van der Waals surface area contributed by atoms with Gasteiger partial charge in [-0.25, -0.2) is 4.68 Å². The number of anilines is 2. The molecule has 5 rings (SSSR count). The molecule has 1 aromatic heterocycles. The third kappa shape index (κ3) is 3.36. The van der Waals surface area contributed by atoms with Crippen LogP contribution in [0, 0.1) is 0 Å². The van der Waals surface area contributed by atoms with E-state index in [1.54, 1.807) is 31.0 Å². The standard InChI is InChI=1S/C23H22ClN5O3/c1-31-18-8-5-13(11-19(18)32-2)14-9-16-20(17(30)10-14)21(12-3-6-15(24)7-4-12)29-23(26-16)27-22(25)28-29/h3-8,11,14,21H,9-10H2,1-2H3,(H3,25,26,27,28)/t14-,21+/m1/s1. The number of hydrogen-bond acceptors (Lipinski definition) is 7. The van der Waals surface area contributed by atoms with Gasteiger partial charge in [-0.1, -0.05) is 29.8 Å². The summed E-state index contributed by atoms with van der Waals surface area (Å²) in [5, 5.41) is 8.27. The molecule has 0 unspecified atom stereocenters. The number of carbonyl (C=O) groups excluding carboxylic acids is 1. The normalized spacial score (nSPS) is 19.8. The van der Waals surface area contributed by atoms with E-state index in [-0.39, 0.29) is 17.6 Å². The summed E-state index contributed by atoms with van der Waals surface area (Å²) in [5.41, 5.74) is 9.32. The number of ketones is 1. The summed E-state index contributed by atoms with van der Waals surface area (Å²) in [5.74, 6) is 2.00. The molecule has 0 radical (unpaired) electrons. The fraction of sp³-hybridized carbons (Fsp3) is 0.261. The number of nitrogens with one attached hydrogen (secondary N) is 1. The number of nitrogens with zero attached hydrogens (tertiary/aromatic N) is 3. The van der Waals surface area contributed by atoms with Gasteiger partial charge in [0.1, 0.15) is 6.04 Å². The average Bonchev–Trinajstić information content (AvgIpc) is 3.17. The summed E-state index contributed by atoms with van der Waals surface area (Å²) in [6.45, 7) is 0. The Morgan fingerprint density at radius 1 is 1.06 bits per heavy atom. The quantitative estimate of drug-likeness (QED) is 0.618. The monoisotopic (exact) mass is 451 g/mol. The maximum absolute atomic E-state index is 13.5. The molecule has 8 nitrogen and oxygen atoms in total. The van der Waals surface area contributed by atoms with E-state index >= 15 is 0 Å². The molecule has 2 atom stereocenters. The molecule has 3 aromatic rings. The number of fused-ring (bicyclic) bond motifs is 1. The van der Waals surface area contributed by atoms with E-state index in [1.165, 1.54) is 0 Å². The van der Waals surface area contributed by atoms with Crippen molar-refractivity contribution in [2.24, 2.45) is 0 Å². The molecule has 0 amide bonds. The summed E-state index contributed by atoms with van der Waals surface area (Å²) in [6, 6.07) is 12.8. The molecule has 164 valence electrons. The minimum absolute atomic E-state index is 0.00811. The number of nitrogen functional groups attached to an aromatic ring is 1. The largest absolute Gasteiger partial charge is 0.493 e. The Hall–Kier alpha value is -3.52. The lowest BCUT2D eigenvalue weighted by atomic mass is 9.78. The van der Waals surface area contributed by atoms with Gasteiger partial charge in [-0.15, -0.1) is 5.10 Å². The van der Waals surface area contributed by atoms with Crippen LogP contribution >= 0.6 is 11.6 Å². The Labute approximate surface area is 190 Å². The molecule has 1 aliphatic carbocycles. The fourth-order valence-electron chi connectivity index (χ4n) is 4.52. The van der Waals surface area contributed by atoms with E-state index < -0.39 is 6.04 Å². The maximum atomic E-state index is 13.5. The highest BCUT2D eigenvalue weighted by Gasteiger charge is 2.39. The van der Waals surface area contributed by atoms with Gasteiger partial charge in [0.2, 0.25) is 11.9 Å². The van der Waals surface area contributed by atoms with Crippen molar-refractivity contribution in [2.75, 3.05) is 25.3 Å². The molecule has 32 heavy (non-hydrogen) atoms. The molecule has 0 fully saturated rings. The number of carbonyl (C=O) groups is 1. The molecule has 2 aromatic carbocycles. The zero-order valence-corrected chi connectivity index (χ0v) is 18.4. The molecular weight excluding hydrogens is 430 g/mol. The third-order valence-electron chi connectivity index (χ3n) is 6.00. The van der Waals surface area contributed by atoms with Gasteiger partial charge in [-0.05, 0) is 47.7 Å². The van der Waals surface area contributed by atoms with Crippen molar-refractivity contribution in [1.29, 1.82) is 0 Å². The van der Waals surface area contributed by atoms with Crippen molar-refractivity contribution in [3.8, 4) is 11.5 Å². The first kappa shape index (κ1) is 20.4. The summed E-state index contributed by atoms with van der Waals surface area (Å²) in [7, 11) is 3.20. The number of benzene rings is 2. The molecule has 3 N–H and O–H groups in total. The second-order valence-electron chi connectivity index (χ2n) is 7.85. The second-order valence-corrected chi connectivity index (χ2v) is 8.29. The Morgan fingerprint density at radius 2 is 1.78 bits per heavy atom. The number of rotatable bonds is 4. The minimum Gasteiger partial charge on any atom is -0.493 e. The topological polar surface area (TPSA) is 104 Å². The lowest BCUT2D eigenvalue weighted by Gasteiger charge is -2.35. The van der Waals surface area contributed by atoms with Crippen LogP contribution in [0.15, 0.2) is 53.7 Å². The number of nitrogens with two attached hydrogens (primary N) is 1. The van der Waals surface area contributed by atoms with Gasteiger partial charge in [0, 0.05) is 22.7 Å². The van der Waals surface area contributed by atoms with Gasteiger partial charge >= 0.3 is 0 Å². The van der Waals surface area contributed by atoms with E-state index in [1.807, 2.05) is 30.3 Å². The summed E-state index contributed by atoms with van der Waals surface area (Å²) >= 11 is 6.09. The van der Waals surface area contributed by atoms with Crippen molar-refractivity contribution in [1.82, 2.24) is 14.8 Å². The van der Waals surface area contributed by atoms with Crippen molar-refractivity contribution in [2.45, 2.75) is 24.8 Å². The smallest absolute Gasteiger partial charge is 0.241 e. The van der Waals surface area contributed by atoms with Gasteiger partial charge in [0.15, 0.2) is 17.3 Å². The molecule has 0 bridgehead atoms. The molecule has 1 aliphatic heterocycles. The molecule has 0 saturated heterocycles. The highest BCUT2D eigenvalue weighted by Crippen LogP contribution is 2.45. The Kier molecular flexibility index (Phi) is 5.01. The van der Waals surface area contributed by atoms with Crippen LogP contribution in [0.2, 0.25) is 5.02 Å². The van der Waals surface area contributed by atoms with Crippen LogP contribution in [0.25, 0.3) is 0 Å². The van der Waals surface area contributed by atoms with Crippen molar-refractivity contribution >= 4 is 29.3 Å². The predicted octanol–water partition coefficient (Wildman–Crippen LogP) is 3.95. The van der Waals surface area contributed by atoms with Gasteiger partial charge in [0.25, 0.3) is 0 Å². The Balaban J connectivity index is 1.57. The van der Waals surface area contributed by atoms with E-state index in [0.717, 1.165) is 16.8 Å². The highest BCUT2D eigenvalue weighted by atomic mass is 35.5. The maximum Gasteiger partial charge on any atom is 0.241 e. The third-order valence-corrected chi connectivity index (χ3v) is 6.25. The average molecular weight is 452 g/mol. The lowest BCUT2D eigenvalue weighted by Crippen LogP contribution is -2.33. The number of allylic oxidation sites excluding steroid dienone is 2. The number of hydrogen-bond donors (Lipinski definition) is 2. The molecule has 9 heteroatoms. The van der Waals surface area contributed by atoms with Crippen LogP contribution in [0.4, 0.5) is 11.9 Å². The Morgan fingerprint density at radius 3 is 2.50 bits per heavy atom. The van der Waals surface area contributed by atoms with Crippen molar-refractivity contribution in [3.05, 3.63) is 69.9 Å². The van der Waals surface area contributed by atoms with Crippen LogP contribution < -0.4 is 20.5 Å². The van der Waals surface area contributed by atoms with Gasteiger partial charge in [0.05, 0.1) is 14.2 Å². The van der Waals surface area contributed by atoms with E-state index in [9.17, 15) is 4.79 Å². The van der Waals surface area contributed by atoms with Crippen LogP contribution in [0.5, 0.6) is 11.5 Å². The van der Waals surface area contributed by atoms with Gasteiger partial charge in [-0.3, -0.25) is 4.79 Å². The van der Waals surface area contributed by atoms with E-state index in [0.29, 0.717) is 40.9 Å². The minimum atomic E-state index is -0.415. The van der Waals surface area contributed by atoms with Crippen molar-refractivity contribution in [3.63, 3.8) is 0 Å². The fourth-order valence-corrected chi connectivity index (χ4v) is 4.65. The molecule has 2 heterocycles. The van der Waals surface area contributed by atoms with Gasteiger partial charge in [-0.2, -0.15) is 4.98 Å². The van der Waals surface area contributed by atoms with E-state index in [2.05, 4.69) is 15.4 Å². The first-order valence-corrected chi connectivity index (χ1v) is 10.6. The molecule has 0 saturated carbocycles. The number of aromatic nitrogens is 3. The highest BCUT2D eigenvalue weighted by molar-refractivity contribution is 6.30. The summed E-state index contributed by atoms with van der Waals surface area (Å²) in [4.78, 5) is 17.8. The Bertz CT molecular complexity index is 1230. The zero-order chi connectivity index (χ0) is 22.4. The number of halogens is 1. The predicted molar refractivity (Wildman–Crippen MR) is 121 cm³/mol. The SMILES string of the molecule is COc1ccc([C@H]2CC(=O)C3=C(C2)Nc2nc(N)nn2[C@H]3c2ccc(Cl)cc2)cc1OC. The molecular formula is C23H22ClN5O3. The molecule has 0 spiro atoms. The number of methoxy groups -OCH3 is 2.